The summed E-state index contributed by atoms with van der Waals surface area (Å²) in [4.78, 5) is 21.7. The Kier molecular flexibility index (Phi) is 5.52. The molecule has 0 aliphatic carbocycles. The smallest absolute Gasteiger partial charge is 0.333 e. The Morgan fingerprint density at radius 2 is 2.06 bits per heavy atom. The van der Waals surface area contributed by atoms with Crippen LogP contribution in [0.5, 0.6) is 0 Å². The van der Waals surface area contributed by atoms with E-state index in [-0.39, 0.29) is 4.47 Å². The van der Waals surface area contributed by atoms with Crippen LogP contribution in [0.1, 0.15) is 13.8 Å². The fourth-order valence-corrected chi connectivity index (χ4v) is 2.94. The molecule has 1 rings (SSSR count). The third-order valence-electron chi connectivity index (χ3n) is 2.80. The Balaban J connectivity index is 3.11. The van der Waals surface area contributed by atoms with Crippen molar-refractivity contribution in [3.05, 3.63) is 37.2 Å². The van der Waals surface area contributed by atoms with Crippen LogP contribution in [0.3, 0.4) is 0 Å². The quantitative estimate of drug-likeness (QED) is 0.447. The standard InChI is InChI=1S/C11H14Br2N2O3/c1-7(2)8(3-12)4-14-5-9(13)11(16)10(6-14)15(17)18/h5-8H,3-4H2,1-2H3. The van der Waals surface area contributed by atoms with Crippen LogP contribution in [0, 0.1) is 22.0 Å². The van der Waals surface area contributed by atoms with Crippen molar-refractivity contribution >= 4 is 37.5 Å². The number of hydrogen-bond donors (Lipinski definition) is 0. The third-order valence-corrected chi connectivity index (χ3v) is 4.20. The molecule has 0 aromatic carbocycles. The van der Waals surface area contributed by atoms with Crippen molar-refractivity contribution in [2.24, 2.45) is 11.8 Å². The zero-order valence-electron chi connectivity index (χ0n) is 10.1. The molecule has 18 heavy (non-hydrogen) atoms. The van der Waals surface area contributed by atoms with Crippen molar-refractivity contribution in [3.63, 3.8) is 0 Å². The summed E-state index contributed by atoms with van der Waals surface area (Å²) in [5.74, 6) is 0.792. The maximum absolute atomic E-state index is 11.5. The van der Waals surface area contributed by atoms with E-state index in [0.717, 1.165) is 5.33 Å². The van der Waals surface area contributed by atoms with E-state index in [9.17, 15) is 14.9 Å². The lowest BCUT2D eigenvalue weighted by Crippen LogP contribution is -2.20. The average molecular weight is 382 g/mol. The SMILES string of the molecule is CC(C)C(CBr)Cn1cc(Br)c(=O)c([N+](=O)[O-])c1. The minimum atomic E-state index is -0.651. The minimum absolute atomic E-state index is 0.216. The van der Waals surface area contributed by atoms with E-state index in [4.69, 9.17) is 0 Å². The van der Waals surface area contributed by atoms with Gasteiger partial charge in [0.1, 0.15) is 0 Å². The largest absolute Gasteiger partial charge is 0.347 e. The zero-order valence-corrected chi connectivity index (χ0v) is 13.3. The average Bonchev–Trinajstić information content (AvgIpc) is 2.29. The van der Waals surface area contributed by atoms with Gasteiger partial charge < -0.3 is 4.57 Å². The Labute approximate surface area is 122 Å². The number of rotatable bonds is 5. The van der Waals surface area contributed by atoms with Crippen molar-refractivity contribution in [3.8, 4) is 0 Å². The Morgan fingerprint density at radius 1 is 1.44 bits per heavy atom. The van der Waals surface area contributed by atoms with Gasteiger partial charge in [-0.2, -0.15) is 0 Å². The van der Waals surface area contributed by atoms with Crippen molar-refractivity contribution in [2.75, 3.05) is 5.33 Å². The molecule has 0 spiro atoms. The van der Waals surface area contributed by atoms with E-state index in [1.807, 2.05) is 0 Å². The summed E-state index contributed by atoms with van der Waals surface area (Å²) in [6.07, 6.45) is 2.89. The predicted octanol–water partition coefficient (Wildman–Crippen LogP) is 3.19. The van der Waals surface area contributed by atoms with E-state index in [1.165, 1.54) is 6.20 Å². The molecule has 0 radical (unpaired) electrons. The number of halogens is 2. The summed E-state index contributed by atoms with van der Waals surface area (Å²) in [6.45, 7) is 4.82. The van der Waals surface area contributed by atoms with E-state index >= 15 is 0 Å². The van der Waals surface area contributed by atoms with Crippen LogP contribution in [-0.4, -0.2) is 14.8 Å². The normalized spacial score (nSPS) is 12.7. The summed E-state index contributed by atoms with van der Waals surface area (Å²) in [6, 6.07) is 0. The maximum atomic E-state index is 11.5. The van der Waals surface area contributed by atoms with E-state index in [1.54, 1.807) is 10.8 Å². The van der Waals surface area contributed by atoms with Gasteiger partial charge >= 0.3 is 5.69 Å². The van der Waals surface area contributed by atoms with Gasteiger partial charge in [0.05, 0.1) is 15.6 Å². The summed E-state index contributed by atoms with van der Waals surface area (Å²) in [5, 5.41) is 11.6. The number of nitro groups is 1. The van der Waals surface area contributed by atoms with Gasteiger partial charge in [-0.3, -0.25) is 14.9 Å². The molecular formula is C11H14Br2N2O3. The molecule has 0 saturated heterocycles. The molecule has 0 aliphatic rings. The molecule has 7 heteroatoms. The van der Waals surface area contributed by atoms with Gasteiger partial charge in [0.15, 0.2) is 0 Å². The van der Waals surface area contributed by atoms with Crippen LogP contribution >= 0.6 is 31.9 Å². The van der Waals surface area contributed by atoms with Gasteiger partial charge in [-0.15, -0.1) is 0 Å². The first-order chi connectivity index (χ1) is 8.36. The van der Waals surface area contributed by atoms with Gasteiger partial charge in [-0.25, -0.2) is 0 Å². The van der Waals surface area contributed by atoms with E-state index < -0.39 is 16.0 Å². The number of hydrogen-bond acceptors (Lipinski definition) is 3. The molecule has 0 amide bonds. The lowest BCUT2D eigenvalue weighted by molar-refractivity contribution is -0.386. The second-order valence-corrected chi connectivity index (χ2v) is 5.93. The predicted molar refractivity (Wildman–Crippen MR) is 77.2 cm³/mol. The summed E-state index contributed by atoms with van der Waals surface area (Å²) < 4.78 is 1.91. The first kappa shape index (κ1) is 15.4. The molecule has 100 valence electrons. The monoisotopic (exact) mass is 380 g/mol. The summed E-state index contributed by atoms with van der Waals surface area (Å²) >= 11 is 6.50. The van der Waals surface area contributed by atoms with Crippen molar-refractivity contribution in [1.29, 1.82) is 0 Å². The molecular weight excluding hydrogens is 368 g/mol. The molecule has 0 aliphatic heterocycles. The van der Waals surface area contributed by atoms with Crippen molar-refractivity contribution in [1.82, 2.24) is 4.57 Å². The number of nitrogens with zero attached hydrogens (tertiary/aromatic N) is 2. The highest BCUT2D eigenvalue weighted by Crippen LogP contribution is 2.18. The second-order valence-electron chi connectivity index (χ2n) is 4.43. The van der Waals surface area contributed by atoms with Crippen LogP contribution in [0.15, 0.2) is 21.7 Å². The molecule has 5 nitrogen and oxygen atoms in total. The molecule has 1 unspecified atom stereocenters. The molecule has 1 heterocycles. The zero-order chi connectivity index (χ0) is 13.9. The molecule has 0 saturated carbocycles. The number of aromatic nitrogens is 1. The Hall–Kier alpha value is -0.690. The van der Waals surface area contributed by atoms with E-state index in [0.29, 0.717) is 18.4 Å². The first-order valence-corrected chi connectivity index (χ1v) is 7.38. The highest BCUT2D eigenvalue weighted by atomic mass is 79.9. The Morgan fingerprint density at radius 3 is 2.50 bits per heavy atom. The van der Waals surface area contributed by atoms with Crippen LogP contribution in [0.2, 0.25) is 0 Å². The fourth-order valence-electron chi connectivity index (χ4n) is 1.52. The van der Waals surface area contributed by atoms with Crippen LogP contribution in [-0.2, 0) is 6.54 Å². The Bertz CT molecular complexity index is 500. The van der Waals surface area contributed by atoms with Gasteiger partial charge in [0.25, 0.3) is 5.43 Å². The van der Waals surface area contributed by atoms with Crippen molar-refractivity contribution in [2.45, 2.75) is 20.4 Å². The third kappa shape index (κ3) is 3.65. The molecule has 1 atom stereocenters. The minimum Gasteiger partial charge on any atom is -0.347 e. The molecule has 1 aromatic heterocycles. The van der Waals surface area contributed by atoms with Gasteiger partial charge in [0.2, 0.25) is 0 Å². The maximum Gasteiger partial charge on any atom is 0.333 e. The summed E-state index contributed by atoms with van der Waals surface area (Å²) in [7, 11) is 0. The molecule has 0 bridgehead atoms. The highest BCUT2D eigenvalue weighted by Gasteiger charge is 2.18. The second kappa shape index (κ2) is 6.47. The highest BCUT2D eigenvalue weighted by molar-refractivity contribution is 9.10. The lowest BCUT2D eigenvalue weighted by atomic mass is 9.98. The van der Waals surface area contributed by atoms with Crippen LogP contribution in [0.25, 0.3) is 0 Å². The first-order valence-electron chi connectivity index (χ1n) is 5.46. The van der Waals surface area contributed by atoms with Gasteiger partial charge in [-0.1, -0.05) is 29.8 Å². The molecule has 0 N–H and O–H groups in total. The molecule has 1 aromatic rings. The fraction of sp³-hybridized carbons (Fsp3) is 0.545. The van der Waals surface area contributed by atoms with Gasteiger partial charge in [-0.05, 0) is 27.8 Å². The topological polar surface area (TPSA) is 65.1 Å². The van der Waals surface area contributed by atoms with Crippen molar-refractivity contribution < 1.29 is 4.92 Å². The summed E-state index contributed by atoms with van der Waals surface area (Å²) in [5.41, 5.74) is -0.988. The van der Waals surface area contributed by atoms with Gasteiger partial charge in [0, 0.05) is 18.1 Å². The van der Waals surface area contributed by atoms with Crippen LogP contribution in [0.4, 0.5) is 5.69 Å². The number of pyridine rings is 1. The molecule has 0 fully saturated rings. The number of alkyl halides is 1. The van der Waals surface area contributed by atoms with Crippen LogP contribution < -0.4 is 5.43 Å². The van der Waals surface area contributed by atoms with E-state index in [2.05, 4.69) is 45.7 Å². The lowest BCUT2D eigenvalue weighted by Gasteiger charge is -2.19.